The third kappa shape index (κ3) is 7.18. The lowest BCUT2D eigenvalue weighted by Crippen LogP contribution is -2.52. The van der Waals surface area contributed by atoms with Gasteiger partial charge >= 0.3 is 0 Å². The van der Waals surface area contributed by atoms with E-state index in [9.17, 15) is 18.0 Å². The van der Waals surface area contributed by atoms with E-state index in [2.05, 4.69) is 21.2 Å². The van der Waals surface area contributed by atoms with Gasteiger partial charge in [0.2, 0.25) is 11.8 Å². The molecule has 0 spiro atoms. The Morgan fingerprint density at radius 2 is 1.55 bits per heavy atom. The third-order valence-electron chi connectivity index (χ3n) is 6.98. The number of amides is 2. The fourth-order valence-electron chi connectivity index (χ4n) is 4.68. The first-order valence-electron chi connectivity index (χ1n) is 12.9. The number of hydrogen-bond acceptors (Lipinski definition) is 4. The van der Waals surface area contributed by atoms with E-state index in [0.29, 0.717) is 21.3 Å². The van der Waals surface area contributed by atoms with Gasteiger partial charge in [-0.2, -0.15) is 0 Å². The Morgan fingerprint density at radius 1 is 0.950 bits per heavy atom. The summed E-state index contributed by atoms with van der Waals surface area (Å²) in [5.41, 5.74) is 0.778. The quantitative estimate of drug-likeness (QED) is 0.270. The van der Waals surface area contributed by atoms with Gasteiger partial charge in [0.1, 0.15) is 12.6 Å². The number of benzene rings is 3. The molecule has 11 heteroatoms. The molecule has 7 nitrogen and oxygen atoms in total. The van der Waals surface area contributed by atoms with E-state index in [1.165, 1.54) is 17.0 Å². The predicted octanol–water partition coefficient (Wildman–Crippen LogP) is 6.43. The Morgan fingerprint density at radius 3 is 2.15 bits per heavy atom. The molecule has 3 aromatic carbocycles. The number of hydrogen-bond donors (Lipinski definition) is 1. The largest absolute Gasteiger partial charge is 0.352 e. The maximum absolute atomic E-state index is 14.0. The summed E-state index contributed by atoms with van der Waals surface area (Å²) in [4.78, 5) is 28.7. The maximum Gasteiger partial charge on any atom is 0.264 e. The van der Waals surface area contributed by atoms with E-state index in [1.54, 1.807) is 67.6 Å². The van der Waals surface area contributed by atoms with E-state index in [0.717, 1.165) is 34.5 Å². The monoisotopic (exact) mass is 665 g/mol. The van der Waals surface area contributed by atoms with Gasteiger partial charge in [-0.1, -0.05) is 76.2 Å². The van der Waals surface area contributed by atoms with Crippen molar-refractivity contribution in [2.75, 3.05) is 10.8 Å². The number of nitrogens with zero attached hydrogens (tertiary/aromatic N) is 2. The van der Waals surface area contributed by atoms with E-state index in [4.69, 9.17) is 23.2 Å². The van der Waals surface area contributed by atoms with Crippen LogP contribution in [0.2, 0.25) is 10.0 Å². The zero-order valence-electron chi connectivity index (χ0n) is 21.9. The fourth-order valence-corrected chi connectivity index (χ4v) is 6.90. The maximum atomic E-state index is 14.0. The summed E-state index contributed by atoms with van der Waals surface area (Å²) in [5.74, 6) is -0.892. The second-order valence-corrected chi connectivity index (χ2v) is 13.3. The van der Waals surface area contributed by atoms with Gasteiger partial charge in [-0.3, -0.25) is 13.9 Å². The summed E-state index contributed by atoms with van der Waals surface area (Å²) in [7, 11) is -4.13. The number of carbonyl (C=O) groups excluding carboxylic acids is 2. The second kappa shape index (κ2) is 13.4. The van der Waals surface area contributed by atoms with Gasteiger partial charge in [-0.15, -0.1) is 0 Å². The summed E-state index contributed by atoms with van der Waals surface area (Å²) in [6.45, 7) is 1.01. The van der Waals surface area contributed by atoms with Crippen molar-refractivity contribution >= 4 is 66.7 Å². The molecule has 2 amide bonds. The Balaban J connectivity index is 1.70. The molecule has 1 atom stereocenters. The molecule has 0 aliphatic heterocycles. The molecule has 0 heterocycles. The molecule has 1 fully saturated rings. The minimum Gasteiger partial charge on any atom is -0.352 e. The van der Waals surface area contributed by atoms with E-state index < -0.39 is 28.5 Å². The smallest absolute Gasteiger partial charge is 0.264 e. The second-order valence-electron chi connectivity index (χ2n) is 9.69. The van der Waals surface area contributed by atoms with Gasteiger partial charge in [-0.05, 0) is 68.3 Å². The van der Waals surface area contributed by atoms with Crippen molar-refractivity contribution in [1.82, 2.24) is 10.2 Å². The molecular formula is C29H30BrCl2N3O4S. The number of rotatable bonds is 10. The summed E-state index contributed by atoms with van der Waals surface area (Å²) in [6, 6.07) is 18.7. The molecule has 0 radical (unpaired) electrons. The molecule has 40 heavy (non-hydrogen) atoms. The molecule has 3 aromatic rings. The lowest BCUT2D eigenvalue weighted by atomic mass is 10.1. The molecule has 1 aliphatic rings. The summed E-state index contributed by atoms with van der Waals surface area (Å²) in [5, 5.41) is 3.73. The molecule has 1 N–H and O–H groups in total. The minimum absolute atomic E-state index is 0.0402. The third-order valence-corrected chi connectivity index (χ3v) is 10.0. The molecule has 1 saturated carbocycles. The lowest BCUT2D eigenvalue weighted by Gasteiger charge is -2.33. The van der Waals surface area contributed by atoms with Gasteiger partial charge in [0.15, 0.2) is 0 Å². The highest BCUT2D eigenvalue weighted by molar-refractivity contribution is 9.10. The van der Waals surface area contributed by atoms with Crippen molar-refractivity contribution in [2.45, 2.75) is 56.1 Å². The number of anilines is 1. The van der Waals surface area contributed by atoms with Crippen molar-refractivity contribution in [3.8, 4) is 0 Å². The van der Waals surface area contributed by atoms with E-state index in [-0.39, 0.29) is 23.4 Å². The van der Waals surface area contributed by atoms with Crippen molar-refractivity contribution in [2.24, 2.45) is 0 Å². The van der Waals surface area contributed by atoms with Crippen LogP contribution < -0.4 is 9.62 Å². The SMILES string of the molecule is C[C@@H](C(=O)NC1CCCC1)N(Cc1c(Cl)cccc1Cl)C(=O)CN(c1ccc(Br)cc1)S(=O)(=O)c1ccccc1. The fraction of sp³-hybridized carbons (Fsp3) is 0.310. The predicted molar refractivity (Wildman–Crippen MR) is 162 cm³/mol. The van der Waals surface area contributed by atoms with Crippen molar-refractivity contribution in [3.05, 3.63) is 92.9 Å². The van der Waals surface area contributed by atoms with Crippen LogP contribution in [0.4, 0.5) is 5.69 Å². The molecule has 4 rings (SSSR count). The van der Waals surface area contributed by atoms with Gasteiger partial charge in [0.25, 0.3) is 10.0 Å². The van der Waals surface area contributed by atoms with Crippen LogP contribution >= 0.6 is 39.1 Å². The highest BCUT2D eigenvalue weighted by Gasteiger charge is 2.34. The standard InChI is InChI=1S/C29H30BrCl2N3O4S/c1-20(29(37)33-22-8-5-6-9-22)34(18-25-26(31)12-7-13-27(25)32)28(36)19-35(23-16-14-21(30)15-17-23)40(38,39)24-10-3-2-4-11-24/h2-4,7,10-17,20,22H,5-6,8-9,18-19H2,1H3,(H,33,37)/t20-/m0/s1. The lowest BCUT2D eigenvalue weighted by molar-refractivity contribution is -0.139. The number of carbonyl (C=O) groups is 2. The van der Waals surface area contributed by atoms with E-state index >= 15 is 0 Å². The average molecular weight is 667 g/mol. The van der Waals surface area contributed by atoms with Crippen molar-refractivity contribution in [1.29, 1.82) is 0 Å². The van der Waals surface area contributed by atoms with Crippen LogP contribution in [-0.4, -0.2) is 43.8 Å². The minimum atomic E-state index is -4.13. The van der Waals surface area contributed by atoms with Crippen LogP contribution in [-0.2, 0) is 26.2 Å². The van der Waals surface area contributed by atoms with Gasteiger partial charge in [-0.25, -0.2) is 8.42 Å². The Kier molecular flexibility index (Phi) is 10.2. The molecule has 0 bridgehead atoms. The van der Waals surface area contributed by atoms with Gasteiger partial charge in [0.05, 0.1) is 10.6 Å². The zero-order valence-corrected chi connectivity index (χ0v) is 25.8. The van der Waals surface area contributed by atoms with Gasteiger partial charge < -0.3 is 10.2 Å². The number of sulfonamides is 1. The molecule has 0 aromatic heterocycles. The van der Waals surface area contributed by atoms with Crippen molar-refractivity contribution < 1.29 is 18.0 Å². The van der Waals surface area contributed by atoms with E-state index in [1.807, 2.05) is 0 Å². The van der Waals surface area contributed by atoms with Crippen LogP contribution in [0.5, 0.6) is 0 Å². The van der Waals surface area contributed by atoms with Crippen LogP contribution in [0.15, 0.2) is 82.2 Å². The zero-order chi connectivity index (χ0) is 28.9. The topological polar surface area (TPSA) is 86.8 Å². The molecule has 0 saturated heterocycles. The first kappa shape index (κ1) is 30.4. The normalized spacial score (nSPS) is 14.5. The molecule has 212 valence electrons. The molecule has 0 unspecified atom stereocenters. The number of halogens is 3. The molecule has 1 aliphatic carbocycles. The summed E-state index contributed by atoms with van der Waals surface area (Å²) < 4.78 is 29.4. The number of nitrogens with one attached hydrogen (secondary N) is 1. The Bertz CT molecular complexity index is 1430. The van der Waals surface area contributed by atoms with Crippen LogP contribution in [0, 0.1) is 0 Å². The van der Waals surface area contributed by atoms with Crippen LogP contribution in [0.1, 0.15) is 38.2 Å². The van der Waals surface area contributed by atoms with Crippen LogP contribution in [0.25, 0.3) is 0 Å². The first-order chi connectivity index (χ1) is 19.1. The Labute approximate surface area is 253 Å². The summed E-state index contributed by atoms with van der Waals surface area (Å²) in [6.07, 6.45) is 3.85. The summed E-state index contributed by atoms with van der Waals surface area (Å²) >= 11 is 16.2. The highest BCUT2D eigenvalue weighted by Crippen LogP contribution is 2.29. The van der Waals surface area contributed by atoms with Crippen LogP contribution in [0.3, 0.4) is 0 Å². The van der Waals surface area contributed by atoms with Crippen molar-refractivity contribution in [3.63, 3.8) is 0 Å². The first-order valence-corrected chi connectivity index (χ1v) is 15.9. The molecular weight excluding hydrogens is 637 g/mol. The average Bonchev–Trinajstić information content (AvgIpc) is 3.45. The van der Waals surface area contributed by atoms with Gasteiger partial charge in [0, 0.05) is 32.7 Å². The Hall–Kier alpha value is -2.59. The highest BCUT2D eigenvalue weighted by atomic mass is 79.9.